The summed E-state index contributed by atoms with van der Waals surface area (Å²) in [6, 6.07) is 0. The number of aryl methyl sites for hydroxylation is 1. The number of H-pyrrole nitrogens is 1. The molecule has 2 rings (SSSR count). The molecule has 1 saturated heterocycles. The SMILES string of the molecule is CCc1cn[nH]c1NC(=O)CCN1C(=O)CCC1=O. The summed E-state index contributed by atoms with van der Waals surface area (Å²) in [5.41, 5.74) is 0.918. The first-order valence-electron chi connectivity index (χ1n) is 6.27. The van der Waals surface area contributed by atoms with Crippen molar-refractivity contribution in [2.45, 2.75) is 32.6 Å². The Bertz CT molecular complexity index is 493. The normalized spacial score (nSPS) is 15.1. The average molecular weight is 264 g/mol. The zero-order valence-electron chi connectivity index (χ0n) is 10.7. The van der Waals surface area contributed by atoms with Gasteiger partial charge in [0.05, 0.1) is 6.20 Å². The van der Waals surface area contributed by atoms with Crippen LogP contribution in [0.25, 0.3) is 0 Å². The second-order valence-electron chi connectivity index (χ2n) is 4.36. The summed E-state index contributed by atoms with van der Waals surface area (Å²) in [5.74, 6) is -0.0693. The van der Waals surface area contributed by atoms with Gasteiger partial charge in [-0.1, -0.05) is 6.92 Å². The van der Waals surface area contributed by atoms with Crippen molar-refractivity contribution in [2.75, 3.05) is 11.9 Å². The van der Waals surface area contributed by atoms with E-state index in [0.29, 0.717) is 5.82 Å². The number of rotatable bonds is 5. The molecule has 1 aromatic rings. The van der Waals surface area contributed by atoms with Crippen molar-refractivity contribution in [3.63, 3.8) is 0 Å². The van der Waals surface area contributed by atoms with Crippen LogP contribution in [-0.4, -0.2) is 39.4 Å². The van der Waals surface area contributed by atoms with Crippen LogP contribution >= 0.6 is 0 Å². The smallest absolute Gasteiger partial charge is 0.229 e. The highest BCUT2D eigenvalue weighted by Crippen LogP contribution is 2.14. The molecule has 1 aromatic heterocycles. The Morgan fingerprint density at radius 2 is 2.11 bits per heavy atom. The van der Waals surface area contributed by atoms with Crippen molar-refractivity contribution >= 4 is 23.5 Å². The summed E-state index contributed by atoms with van der Waals surface area (Å²) in [6.45, 7) is 2.10. The molecule has 102 valence electrons. The van der Waals surface area contributed by atoms with E-state index in [-0.39, 0.29) is 43.5 Å². The molecule has 0 radical (unpaired) electrons. The van der Waals surface area contributed by atoms with Gasteiger partial charge in [0.1, 0.15) is 5.82 Å². The number of hydrogen-bond acceptors (Lipinski definition) is 4. The van der Waals surface area contributed by atoms with Crippen LogP contribution in [0.15, 0.2) is 6.20 Å². The monoisotopic (exact) mass is 264 g/mol. The van der Waals surface area contributed by atoms with Crippen LogP contribution in [0.2, 0.25) is 0 Å². The number of carbonyl (C=O) groups excluding carboxylic acids is 3. The van der Waals surface area contributed by atoms with Gasteiger partial charge in [-0.2, -0.15) is 5.10 Å². The van der Waals surface area contributed by atoms with Gasteiger partial charge in [0.2, 0.25) is 17.7 Å². The third-order valence-corrected chi connectivity index (χ3v) is 3.08. The lowest BCUT2D eigenvalue weighted by Crippen LogP contribution is -2.32. The van der Waals surface area contributed by atoms with E-state index in [2.05, 4.69) is 15.5 Å². The Balaban J connectivity index is 1.85. The molecule has 2 heterocycles. The molecule has 3 amide bonds. The number of nitrogens with zero attached hydrogens (tertiary/aromatic N) is 2. The molecule has 0 spiro atoms. The molecular weight excluding hydrogens is 248 g/mol. The number of imide groups is 1. The molecule has 0 saturated carbocycles. The molecule has 0 aliphatic carbocycles. The van der Waals surface area contributed by atoms with Crippen LogP contribution in [0.3, 0.4) is 0 Å². The van der Waals surface area contributed by atoms with E-state index in [1.54, 1.807) is 6.20 Å². The fourth-order valence-corrected chi connectivity index (χ4v) is 1.97. The van der Waals surface area contributed by atoms with Crippen LogP contribution in [0.5, 0.6) is 0 Å². The molecule has 19 heavy (non-hydrogen) atoms. The van der Waals surface area contributed by atoms with Gasteiger partial charge in [0.15, 0.2) is 0 Å². The van der Waals surface area contributed by atoms with Crippen LogP contribution in [0.4, 0.5) is 5.82 Å². The summed E-state index contributed by atoms with van der Waals surface area (Å²) < 4.78 is 0. The zero-order valence-corrected chi connectivity index (χ0v) is 10.7. The highest BCUT2D eigenvalue weighted by atomic mass is 16.2. The van der Waals surface area contributed by atoms with Crippen LogP contribution in [0.1, 0.15) is 31.7 Å². The summed E-state index contributed by atoms with van der Waals surface area (Å²) in [6.07, 6.45) is 3.01. The maximum absolute atomic E-state index is 11.7. The number of amides is 3. The highest BCUT2D eigenvalue weighted by molar-refractivity contribution is 6.02. The number of carbonyl (C=O) groups is 3. The van der Waals surface area contributed by atoms with E-state index in [1.807, 2.05) is 6.92 Å². The van der Waals surface area contributed by atoms with E-state index in [9.17, 15) is 14.4 Å². The predicted octanol–water partition coefficient (Wildman–Crippen LogP) is 0.450. The van der Waals surface area contributed by atoms with Crippen LogP contribution in [-0.2, 0) is 20.8 Å². The third-order valence-electron chi connectivity index (χ3n) is 3.08. The second kappa shape index (κ2) is 5.64. The van der Waals surface area contributed by atoms with Gasteiger partial charge in [0.25, 0.3) is 0 Å². The third kappa shape index (κ3) is 2.98. The van der Waals surface area contributed by atoms with Gasteiger partial charge in [0, 0.05) is 31.4 Å². The number of likely N-dealkylation sites (tertiary alicyclic amines) is 1. The molecule has 1 aliphatic heterocycles. The molecule has 7 nitrogen and oxygen atoms in total. The molecule has 0 aromatic carbocycles. The lowest BCUT2D eigenvalue weighted by molar-refractivity contribution is -0.138. The second-order valence-corrected chi connectivity index (χ2v) is 4.36. The summed E-state index contributed by atoms with van der Waals surface area (Å²) in [7, 11) is 0. The number of aromatic amines is 1. The number of nitrogens with one attached hydrogen (secondary N) is 2. The highest BCUT2D eigenvalue weighted by Gasteiger charge is 2.28. The maximum atomic E-state index is 11.7. The lowest BCUT2D eigenvalue weighted by atomic mass is 10.2. The molecule has 7 heteroatoms. The maximum Gasteiger partial charge on any atom is 0.229 e. The minimum absolute atomic E-state index is 0.0969. The average Bonchev–Trinajstić information content (AvgIpc) is 2.95. The first-order valence-corrected chi connectivity index (χ1v) is 6.27. The Kier molecular flexibility index (Phi) is 3.94. The van der Waals surface area contributed by atoms with Crippen molar-refractivity contribution in [3.8, 4) is 0 Å². The van der Waals surface area contributed by atoms with E-state index < -0.39 is 0 Å². The Hall–Kier alpha value is -2.18. The fraction of sp³-hybridized carbons (Fsp3) is 0.500. The minimum Gasteiger partial charge on any atom is -0.311 e. The quantitative estimate of drug-likeness (QED) is 0.755. The lowest BCUT2D eigenvalue weighted by Gasteiger charge is -2.13. The summed E-state index contributed by atoms with van der Waals surface area (Å²) >= 11 is 0. The van der Waals surface area contributed by atoms with Gasteiger partial charge in [-0.05, 0) is 6.42 Å². The van der Waals surface area contributed by atoms with Crippen LogP contribution < -0.4 is 5.32 Å². The Morgan fingerprint density at radius 3 is 2.74 bits per heavy atom. The van der Waals surface area contributed by atoms with Gasteiger partial charge >= 0.3 is 0 Å². The standard InChI is InChI=1S/C12H16N4O3/c1-2-8-7-13-15-12(8)14-9(17)5-6-16-10(18)3-4-11(16)19/h7H,2-6H2,1H3,(H2,13,14,15,17). The van der Waals surface area contributed by atoms with Crippen molar-refractivity contribution in [3.05, 3.63) is 11.8 Å². The van der Waals surface area contributed by atoms with Gasteiger partial charge in [-0.15, -0.1) is 0 Å². The molecule has 1 fully saturated rings. The fourth-order valence-electron chi connectivity index (χ4n) is 1.97. The largest absolute Gasteiger partial charge is 0.311 e. The molecule has 0 unspecified atom stereocenters. The minimum atomic E-state index is -0.244. The first-order chi connectivity index (χ1) is 9.11. The number of anilines is 1. The summed E-state index contributed by atoms with van der Waals surface area (Å²) in [5, 5.41) is 9.24. The van der Waals surface area contributed by atoms with Crippen molar-refractivity contribution in [1.82, 2.24) is 15.1 Å². The van der Waals surface area contributed by atoms with Gasteiger partial charge in [-0.25, -0.2) is 0 Å². The first kappa shape index (κ1) is 13.3. The predicted molar refractivity (Wildman–Crippen MR) is 67.2 cm³/mol. The molecule has 1 aliphatic rings. The van der Waals surface area contributed by atoms with Gasteiger partial charge < -0.3 is 5.32 Å². The molecule has 0 atom stereocenters. The van der Waals surface area contributed by atoms with Crippen molar-refractivity contribution in [1.29, 1.82) is 0 Å². The van der Waals surface area contributed by atoms with E-state index >= 15 is 0 Å². The molecule has 2 N–H and O–H groups in total. The van der Waals surface area contributed by atoms with Gasteiger partial charge in [-0.3, -0.25) is 24.4 Å². The van der Waals surface area contributed by atoms with Crippen molar-refractivity contribution < 1.29 is 14.4 Å². The van der Waals surface area contributed by atoms with Crippen LogP contribution in [0, 0.1) is 0 Å². The van der Waals surface area contributed by atoms with E-state index in [4.69, 9.17) is 0 Å². The molecule has 0 bridgehead atoms. The Labute approximate surface area is 110 Å². The number of hydrogen-bond donors (Lipinski definition) is 2. The molecular formula is C12H16N4O3. The number of aromatic nitrogens is 2. The van der Waals surface area contributed by atoms with E-state index in [1.165, 1.54) is 0 Å². The summed E-state index contributed by atoms with van der Waals surface area (Å²) in [4.78, 5) is 35.6. The van der Waals surface area contributed by atoms with Crippen molar-refractivity contribution in [2.24, 2.45) is 0 Å². The zero-order chi connectivity index (χ0) is 13.8. The van der Waals surface area contributed by atoms with E-state index in [0.717, 1.165) is 16.9 Å². The topological polar surface area (TPSA) is 95.2 Å². The Morgan fingerprint density at radius 1 is 1.42 bits per heavy atom.